The van der Waals surface area contributed by atoms with Crippen molar-refractivity contribution >= 4 is 17.6 Å². The van der Waals surface area contributed by atoms with Crippen molar-refractivity contribution in [3.8, 4) is 5.75 Å². The van der Waals surface area contributed by atoms with Crippen LogP contribution in [0.1, 0.15) is 19.8 Å². The van der Waals surface area contributed by atoms with Crippen LogP contribution in [0.3, 0.4) is 0 Å². The number of halogens is 1. The third-order valence-corrected chi connectivity index (χ3v) is 2.45. The quantitative estimate of drug-likeness (QED) is 0.556. The number of ether oxygens (including phenoxy) is 2. The Hall–Kier alpha value is -1.22. The van der Waals surface area contributed by atoms with Crippen molar-refractivity contribution < 1.29 is 14.3 Å². The van der Waals surface area contributed by atoms with Gasteiger partial charge in [-0.25, -0.2) is 0 Å². The van der Waals surface area contributed by atoms with Crippen LogP contribution in [0.5, 0.6) is 5.75 Å². The Morgan fingerprint density at radius 1 is 1.35 bits per heavy atom. The van der Waals surface area contributed by atoms with E-state index in [0.717, 1.165) is 12.2 Å². The summed E-state index contributed by atoms with van der Waals surface area (Å²) in [6.45, 7) is 2.21. The Balaban J connectivity index is 2.34. The second-order valence-corrected chi connectivity index (χ2v) is 3.95. The molecule has 0 saturated heterocycles. The maximum atomic E-state index is 11.3. The monoisotopic (exact) mass is 256 g/mol. The molecule has 0 unspecified atom stereocenters. The van der Waals surface area contributed by atoms with E-state index in [-0.39, 0.29) is 18.5 Å². The van der Waals surface area contributed by atoms with Crippen LogP contribution in [-0.4, -0.2) is 24.6 Å². The van der Waals surface area contributed by atoms with Gasteiger partial charge < -0.3 is 9.47 Å². The molecular weight excluding hydrogens is 240 g/mol. The molecule has 0 fully saturated rings. The first-order valence-corrected chi connectivity index (χ1v) is 6.23. The van der Waals surface area contributed by atoms with E-state index in [2.05, 4.69) is 0 Å². The molecule has 94 valence electrons. The Morgan fingerprint density at radius 2 is 2.06 bits per heavy atom. The molecule has 0 radical (unpaired) electrons. The summed E-state index contributed by atoms with van der Waals surface area (Å²) >= 11 is 5.72. The first-order valence-electron chi connectivity index (χ1n) is 5.69. The zero-order valence-electron chi connectivity index (χ0n) is 9.90. The molecule has 4 heteroatoms. The van der Waals surface area contributed by atoms with E-state index in [0.29, 0.717) is 6.42 Å². The van der Waals surface area contributed by atoms with E-state index in [9.17, 15) is 4.79 Å². The van der Waals surface area contributed by atoms with Crippen molar-refractivity contribution in [2.75, 3.05) is 12.5 Å². The highest BCUT2D eigenvalue weighted by Crippen LogP contribution is 2.10. The van der Waals surface area contributed by atoms with Crippen molar-refractivity contribution in [2.45, 2.75) is 25.9 Å². The van der Waals surface area contributed by atoms with Gasteiger partial charge in [0, 0.05) is 6.42 Å². The predicted molar refractivity (Wildman–Crippen MR) is 67.4 cm³/mol. The first-order chi connectivity index (χ1) is 8.26. The summed E-state index contributed by atoms with van der Waals surface area (Å²) < 4.78 is 10.6. The van der Waals surface area contributed by atoms with E-state index in [4.69, 9.17) is 21.1 Å². The Bertz CT molecular complexity index is 327. The number of alkyl halides is 1. The van der Waals surface area contributed by atoms with Crippen LogP contribution in [0.25, 0.3) is 0 Å². The second kappa shape index (κ2) is 7.96. The molecule has 0 saturated carbocycles. The zero-order valence-corrected chi connectivity index (χ0v) is 10.7. The average Bonchev–Trinajstić information content (AvgIpc) is 2.36. The van der Waals surface area contributed by atoms with Gasteiger partial charge in [0.15, 0.2) is 0 Å². The molecule has 0 aliphatic rings. The molecule has 0 bridgehead atoms. The number of carbonyl (C=O) groups is 1. The molecule has 1 atom stereocenters. The molecule has 0 spiro atoms. The lowest BCUT2D eigenvalue weighted by Crippen LogP contribution is -2.26. The molecular formula is C13H17ClO3. The Morgan fingerprint density at radius 3 is 2.65 bits per heavy atom. The Kier molecular flexibility index (Phi) is 6.48. The molecule has 0 aliphatic carbocycles. The van der Waals surface area contributed by atoms with Gasteiger partial charge in [0.2, 0.25) is 0 Å². The van der Waals surface area contributed by atoms with Crippen LogP contribution in [0, 0.1) is 0 Å². The molecule has 1 aromatic carbocycles. The minimum Gasteiger partial charge on any atom is -0.490 e. The van der Waals surface area contributed by atoms with Crippen LogP contribution in [-0.2, 0) is 9.53 Å². The largest absolute Gasteiger partial charge is 0.490 e. The number of esters is 1. The number of hydrogen-bond acceptors (Lipinski definition) is 3. The summed E-state index contributed by atoms with van der Waals surface area (Å²) in [6.07, 6.45) is 0.794. The molecule has 3 nitrogen and oxygen atoms in total. The summed E-state index contributed by atoms with van der Waals surface area (Å²) in [4.78, 5) is 11.3. The summed E-state index contributed by atoms with van der Waals surface area (Å²) in [5.41, 5.74) is 0. The SMILES string of the molecule is CCCC(=O)O[C@H](CCl)COc1ccccc1. The number of benzene rings is 1. The third-order valence-electron chi connectivity index (χ3n) is 2.10. The highest BCUT2D eigenvalue weighted by Gasteiger charge is 2.13. The lowest BCUT2D eigenvalue weighted by Gasteiger charge is -2.16. The topological polar surface area (TPSA) is 35.5 Å². The van der Waals surface area contributed by atoms with E-state index in [1.54, 1.807) is 0 Å². The fraction of sp³-hybridized carbons (Fsp3) is 0.462. The molecule has 0 N–H and O–H groups in total. The number of para-hydroxylation sites is 1. The van der Waals surface area contributed by atoms with Gasteiger partial charge in [-0.3, -0.25) is 4.79 Å². The highest BCUT2D eigenvalue weighted by molar-refractivity contribution is 6.18. The van der Waals surface area contributed by atoms with Crippen LogP contribution < -0.4 is 4.74 Å². The average molecular weight is 257 g/mol. The molecule has 0 amide bonds. The fourth-order valence-electron chi connectivity index (χ4n) is 1.26. The van der Waals surface area contributed by atoms with Crippen molar-refractivity contribution in [1.82, 2.24) is 0 Å². The number of hydrogen-bond donors (Lipinski definition) is 0. The normalized spacial score (nSPS) is 11.9. The minimum atomic E-state index is -0.393. The van der Waals surface area contributed by atoms with Gasteiger partial charge in [0.25, 0.3) is 0 Å². The minimum absolute atomic E-state index is 0.227. The molecule has 0 aliphatic heterocycles. The summed E-state index contributed by atoms with van der Waals surface area (Å²) in [5, 5.41) is 0. The summed E-state index contributed by atoms with van der Waals surface area (Å²) in [7, 11) is 0. The summed E-state index contributed by atoms with van der Waals surface area (Å²) in [6, 6.07) is 9.37. The van der Waals surface area contributed by atoms with Crippen LogP contribution in [0.2, 0.25) is 0 Å². The predicted octanol–water partition coefficient (Wildman–Crippen LogP) is 3.02. The van der Waals surface area contributed by atoms with Gasteiger partial charge in [-0.05, 0) is 18.6 Å². The van der Waals surface area contributed by atoms with E-state index < -0.39 is 6.10 Å². The Labute approximate surface area is 107 Å². The van der Waals surface area contributed by atoms with E-state index in [1.165, 1.54) is 0 Å². The van der Waals surface area contributed by atoms with Crippen LogP contribution in [0.15, 0.2) is 30.3 Å². The molecule has 0 heterocycles. The van der Waals surface area contributed by atoms with Gasteiger partial charge in [-0.15, -0.1) is 11.6 Å². The fourth-order valence-corrected chi connectivity index (χ4v) is 1.42. The van der Waals surface area contributed by atoms with Gasteiger partial charge >= 0.3 is 5.97 Å². The third kappa shape index (κ3) is 5.59. The van der Waals surface area contributed by atoms with E-state index in [1.807, 2.05) is 37.3 Å². The maximum Gasteiger partial charge on any atom is 0.306 e. The molecule has 1 rings (SSSR count). The van der Waals surface area contributed by atoms with Crippen molar-refractivity contribution in [2.24, 2.45) is 0 Å². The standard InChI is InChI=1S/C13H17ClO3/c1-2-6-13(15)17-12(9-14)10-16-11-7-4-3-5-8-11/h3-5,7-8,12H,2,6,9-10H2,1H3/t12-/m1/s1. The zero-order chi connectivity index (χ0) is 12.5. The van der Waals surface area contributed by atoms with Crippen molar-refractivity contribution in [1.29, 1.82) is 0 Å². The first kappa shape index (κ1) is 13.8. The summed E-state index contributed by atoms with van der Waals surface area (Å²) in [5.74, 6) is 0.756. The van der Waals surface area contributed by atoms with Crippen LogP contribution in [0.4, 0.5) is 0 Å². The maximum absolute atomic E-state index is 11.3. The van der Waals surface area contributed by atoms with Gasteiger partial charge in [-0.1, -0.05) is 25.1 Å². The highest BCUT2D eigenvalue weighted by atomic mass is 35.5. The second-order valence-electron chi connectivity index (χ2n) is 3.64. The van der Waals surface area contributed by atoms with Gasteiger partial charge in [0.1, 0.15) is 18.5 Å². The smallest absolute Gasteiger partial charge is 0.306 e. The lowest BCUT2D eigenvalue weighted by molar-refractivity contribution is -0.149. The number of carbonyl (C=O) groups excluding carboxylic acids is 1. The number of rotatable bonds is 7. The van der Waals surface area contributed by atoms with Crippen molar-refractivity contribution in [3.05, 3.63) is 30.3 Å². The molecule has 0 aromatic heterocycles. The van der Waals surface area contributed by atoms with Gasteiger partial charge in [0.05, 0.1) is 5.88 Å². The van der Waals surface area contributed by atoms with E-state index >= 15 is 0 Å². The van der Waals surface area contributed by atoms with Crippen LogP contribution >= 0.6 is 11.6 Å². The lowest BCUT2D eigenvalue weighted by atomic mass is 10.3. The molecule has 1 aromatic rings. The van der Waals surface area contributed by atoms with Crippen molar-refractivity contribution in [3.63, 3.8) is 0 Å². The van der Waals surface area contributed by atoms with Gasteiger partial charge in [-0.2, -0.15) is 0 Å². The molecule has 17 heavy (non-hydrogen) atoms.